The number of amides is 1. The van der Waals surface area contributed by atoms with E-state index in [1.54, 1.807) is 0 Å². The molecule has 1 heterocycles. The fourth-order valence-corrected chi connectivity index (χ4v) is 4.18. The molecule has 0 spiro atoms. The lowest BCUT2D eigenvalue weighted by atomic mass is 10.0. The van der Waals surface area contributed by atoms with Crippen molar-refractivity contribution >= 4 is 56.7 Å². The number of carbonyl (C=O) groups is 2. The third kappa shape index (κ3) is 8.52. The minimum absolute atomic E-state index is 0.0707. The van der Waals surface area contributed by atoms with Crippen LogP contribution in [0.15, 0.2) is 59.5 Å². The summed E-state index contributed by atoms with van der Waals surface area (Å²) in [5.74, 6) is -0.332. The Hall–Kier alpha value is -2.08. The molecule has 0 radical (unpaired) electrons. The van der Waals surface area contributed by atoms with Crippen LogP contribution in [0.25, 0.3) is 0 Å². The molecule has 0 saturated carbocycles. The van der Waals surface area contributed by atoms with E-state index in [1.807, 2.05) is 30.3 Å². The number of nitrogens with one attached hydrogen (secondary N) is 1. The molecule has 0 bridgehead atoms. The van der Waals surface area contributed by atoms with E-state index < -0.39 is 38.0 Å². The van der Waals surface area contributed by atoms with Gasteiger partial charge in [-0.2, -0.15) is 5.06 Å². The molecule has 1 amide bonds. The van der Waals surface area contributed by atoms with Crippen LogP contribution >= 0.6 is 34.8 Å². The molecular weight excluding hydrogens is 543 g/mol. The van der Waals surface area contributed by atoms with E-state index in [1.165, 1.54) is 24.3 Å². The van der Waals surface area contributed by atoms with Gasteiger partial charge in [0.25, 0.3) is 0 Å². The summed E-state index contributed by atoms with van der Waals surface area (Å²) in [5.41, 5.74) is 0.811. The zero-order chi connectivity index (χ0) is 25.6. The molecule has 1 N–H and O–H groups in total. The summed E-state index contributed by atoms with van der Waals surface area (Å²) in [6.45, 7) is 0.248. The molecule has 0 aliphatic carbocycles. The minimum atomic E-state index is -3.36. The number of hydrogen-bond donors (Lipinski definition) is 1. The van der Waals surface area contributed by atoms with E-state index in [9.17, 15) is 18.0 Å². The van der Waals surface area contributed by atoms with Crippen LogP contribution < -0.4 is 10.1 Å². The fraction of sp³-hybridized carbons (Fsp3) is 0.364. The van der Waals surface area contributed by atoms with E-state index in [2.05, 4.69) is 5.32 Å². The topological polar surface area (TPSA) is 111 Å². The number of sulfone groups is 1. The first-order valence-corrected chi connectivity index (χ1v) is 13.5. The molecule has 0 unspecified atom stereocenters. The highest BCUT2D eigenvalue weighted by atomic mass is 35.6. The van der Waals surface area contributed by atoms with Crippen LogP contribution in [0, 0.1) is 0 Å². The average Bonchev–Trinajstić information content (AvgIpc) is 2.79. The van der Waals surface area contributed by atoms with Gasteiger partial charge in [-0.25, -0.2) is 18.0 Å². The van der Waals surface area contributed by atoms with Gasteiger partial charge in [-0.15, -0.1) is 0 Å². The summed E-state index contributed by atoms with van der Waals surface area (Å²) in [6, 6.07) is 13.5. The number of piperidine rings is 1. The van der Waals surface area contributed by atoms with E-state index >= 15 is 0 Å². The maximum Gasteiger partial charge on any atom is 0.437 e. The Morgan fingerprint density at radius 3 is 2.26 bits per heavy atom. The van der Waals surface area contributed by atoms with Crippen LogP contribution in [0.4, 0.5) is 4.79 Å². The highest BCUT2D eigenvalue weighted by Gasteiger charge is 2.37. The third-order valence-corrected chi connectivity index (χ3v) is 6.43. The van der Waals surface area contributed by atoms with Gasteiger partial charge < -0.3 is 14.8 Å². The summed E-state index contributed by atoms with van der Waals surface area (Å²) in [6.07, 6.45) is 0.785. The van der Waals surface area contributed by atoms with Crippen molar-refractivity contribution in [2.45, 2.75) is 40.4 Å². The lowest BCUT2D eigenvalue weighted by molar-refractivity contribution is -0.176. The number of hydroxylamine groups is 2. The molecule has 35 heavy (non-hydrogen) atoms. The zero-order valence-electron chi connectivity index (χ0n) is 18.5. The highest BCUT2D eigenvalue weighted by molar-refractivity contribution is 7.90. The summed E-state index contributed by atoms with van der Waals surface area (Å²) < 4.78 is 31.0. The number of ether oxygens (including phenoxy) is 2. The summed E-state index contributed by atoms with van der Waals surface area (Å²) in [7, 11) is -3.36. The molecule has 0 aromatic heterocycles. The van der Waals surface area contributed by atoms with Crippen molar-refractivity contribution in [1.82, 2.24) is 10.4 Å². The number of carbonyl (C=O) groups excluding carboxylic acids is 2. The second kappa shape index (κ2) is 11.8. The van der Waals surface area contributed by atoms with Gasteiger partial charge in [0.1, 0.15) is 18.4 Å². The average molecular weight is 566 g/mol. The lowest BCUT2D eigenvalue weighted by Gasteiger charge is -2.35. The second-order valence-corrected chi connectivity index (χ2v) is 11.9. The molecule has 13 heteroatoms. The zero-order valence-corrected chi connectivity index (χ0v) is 21.6. The quantitative estimate of drug-likeness (QED) is 0.232. The number of nitrogens with zero attached hydrogens (tertiary/aromatic N) is 1. The van der Waals surface area contributed by atoms with Gasteiger partial charge in [-0.05, 0) is 77.5 Å². The Balaban J connectivity index is 1.60. The van der Waals surface area contributed by atoms with Crippen LogP contribution in [0.2, 0.25) is 0 Å². The summed E-state index contributed by atoms with van der Waals surface area (Å²) in [4.78, 5) is 31.0. The van der Waals surface area contributed by atoms with Gasteiger partial charge >= 0.3 is 16.0 Å². The van der Waals surface area contributed by atoms with Crippen LogP contribution in [-0.2, 0) is 30.8 Å². The molecule has 2 aromatic carbocycles. The molecule has 9 nitrogen and oxygen atoms in total. The molecule has 1 aliphatic rings. The molecule has 2 atom stereocenters. The molecule has 3 rings (SSSR count). The third-order valence-electron chi connectivity index (χ3n) is 5.07. The Kier molecular flexibility index (Phi) is 9.25. The Morgan fingerprint density at radius 1 is 1.06 bits per heavy atom. The maximum atomic E-state index is 12.6. The SMILES string of the molecule is CS(=O)(=O)c1ccc(OC(=O)[C@@H]2CC[C@@H](N(OCc3ccccc3)C(=O)OC(Cl)(Cl)Cl)CN2)cc1. The van der Waals surface area contributed by atoms with Gasteiger partial charge in [0.2, 0.25) is 0 Å². The van der Waals surface area contributed by atoms with Crippen LogP contribution in [0.5, 0.6) is 5.75 Å². The molecule has 1 fully saturated rings. The lowest BCUT2D eigenvalue weighted by Crippen LogP contribution is -2.54. The molecule has 1 aliphatic heterocycles. The standard InChI is InChI=1S/C22H23Cl3N2O7S/c1-35(30,31)18-10-8-17(9-11-18)33-20(28)19-12-7-16(13-26-19)27(21(29)34-22(23,24)25)32-14-15-5-3-2-4-6-15/h2-6,8-11,16,19,26H,7,12-14H2,1H3/t16-,19+/m1/s1. The maximum absolute atomic E-state index is 12.6. The first-order valence-electron chi connectivity index (χ1n) is 10.4. The first kappa shape index (κ1) is 27.5. The van der Waals surface area contributed by atoms with Gasteiger partial charge in [0.15, 0.2) is 9.84 Å². The first-order chi connectivity index (χ1) is 16.4. The Labute approximate surface area is 218 Å². The molecule has 1 saturated heterocycles. The van der Waals surface area contributed by atoms with E-state index in [-0.39, 0.29) is 23.8 Å². The number of alkyl halides is 3. The molecule has 2 aromatic rings. The van der Waals surface area contributed by atoms with E-state index in [0.29, 0.717) is 12.8 Å². The van der Waals surface area contributed by atoms with Crippen molar-refractivity contribution in [2.24, 2.45) is 0 Å². The van der Waals surface area contributed by atoms with Crippen molar-refractivity contribution in [1.29, 1.82) is 0 Å². The van der Waals surface area contributed by atoms with E-state index in [4.69, 9.17) is 49.1 Å². The fourth-order valence-electron chi connectivity index (χ4n) is 3.35. The van der Waals surface area contributed by atoms with Crippen molar-refractivity contribution in [3.05, 3.63) is 60.2 Å². The van der Waals surface area contributed by atoms with Crippen molar-refractivity contribution in [3.63, 3.8) is 0 Å². The number of hydrogen-bond acceptors (Lipinski definition) is 8. The second-order valence-electron chi connectivity index (χ2n) is 7.76. The van der Waals surface area contributed by atoms with Gasteiger partial charge in [-0.1, -0.05) is 30.3 Å². The van der Waals surface area contributed by atoms with Gasteiger partial charge in [0, 0.05) is 12.8 Å². The number of rotatable bonds is 7. The summed E-state index contributed by atoms with van der Waals surface area (Å²) >= 11 is 16.8. The van der Waals surface area contributed by atoms with Crippen LogP contribution in [0.1, 0.15) is 18.4 Å². The van der Waals surface area contributed by atoms with Gasteiger partial charge in [0.05, 0.1) is 10.9 Å². The number of benzene rings is 2. The van der Waals surface area contributed by atoms with Crippen LogP contribution in [0.3, 0.4) is 0 Å². The Morgan fingerprint density at radius 2 is 1.71 bits per heavy atom. The predicted molar refractivity (Wildman–Crippen MR) is 130 cm³/mol. The predicted octanol–water partition coefficient (Wildman–Crippen LogP) is 4.01. The molecular formula is C22H23Cl3N2O7S. The largest absolute Gasteiger partial charge is 0.437 e. The Bertz CT molecular complexity index is 1120. The van der Waals surface area contributed by atoms with Gasteiger partial charge in [-0.3, -0.25) is 4.84 Å². The monoisotopic (exact) mass is 564 g/mol. The molecule has 190 valence electrons. The van der Waals surface area contributed by atoms with E-state index in [0.717, 1.165) is 16.9 Å². The summed E-state index contributed by atoms with van der Waals surface area (Å²) in [5, 5.41) is 4.02. The minimum Gasteiger partial charge on any atom is -0.425 e. The highest BCUT2D eigenvalue weighted by Crippen LogP contribution is 2.29. The normalized spacial score (nSPS) is 18.5. The smallest absolute Gasteiger partial charge is 0.425 e. The number of esters is 1. The number of halogens is 3. The van der Waals surface area contributed by atoms with Crippen LogP contribution in [-0.4, -0.2) is 54.4 Å². The van der Waals surface area contributed by atoms with Crippen molar-refractivity contribution in [3.8, 4) is 5.75 Å². The van der Waals surface area contributed by atoms with Crippen molar-refractivity contribution in [2.75, 3.05) is 12.8 Å². The van der Waals surface area contributed by atoms with Crippen molar-refractivity contribution < 1.29 is 32.3 Å².